The number of rotatable bonds is 5. The third-order valence-electron chi connectivity index (χ3n) is 2.36. The van der Waals surface area contributed by atoms with Crippen LogP contribution in [0.4, 0.5) is 0 Å². The number of aromatic carboxylic acids is 1. The van der Waals surface area contributed by atoms with Crippen LogP contribution < -0.4 is 0 Å². The molecule has 0 unspecified atom stereocenters. The molecular weight excluding hydrogens is 256 g/mol. The lowest BCUT2D eigenvalue weighted by Crippen LogP contribution is -2.01. The molecule has 0 bridgehead atoms. The van der Waals surface area contributed by atoms with Crippen LogP contribution in [0.15, 0.2) is 41.0 Å². The number of hydrogen-bond donors (Lipinski definition) is 1. The Balaban J connectivity index is 1.92. The van der Waals surface area contributed by atoms with E-state index >= 15 is 0 Å². The van der Waals surface area contributed by atoms with Crippen LogP contribution in [0.5, 0.6) is 0 Å². The Labute approximate surface area is 109 Å². The molecule has 0 saturated carbocycles. The second-order valence-corrected chi connectivity index (χ2v) is 4.14. The van der Waals surface area contributed by atoms with E-state index in [1.165, 1.54) is 6.26 Å². The molecule has 0 saturated heterocycles. The predicted molar refractivity (Wildman–Crippen MR) is 65.6 cm³/mol. The lowest BCUT2D eigenvalue weighted by atomic mass is 10.2. The van der Waals surface area contributed by atoms with Crippen molar-refractivity contribution in [1.29, 1.82) is 0 Å². The zero-order valence-corrected chi connectivity index (χ0v) is 10.2. The molecule has 0 amide bonds. The van der Waals surface area contributed by atoms with Gasteiger partial charge in [0.2, 0.25) is 5.76 Å². The summed E-state index contributed by atoms with van der Waals surface area (Å²) in [6.07, 6.45) is 1.33. The third-order valence-corrected chi connectivity index (χ3v) is 2.59. The van der Waals surface area contributed by atoms with Gasteiger partial charge in [0.05, 0.1) is 19.5 Å². The van der Waals surface area contributed by atoms with Gasteiger partial charge in [0.25, 0.3) is 0 Å². The van der Waals surface area contributed by atoms with Gasteiger partial charge in [-0.2, -0.15) is 0 Å². The fourth-order valence-electron chi connectivity index (χ4n) is 1.54. The average Bonchev–Trinajstić information content (AvgIpc) is 2.77. The Hall–Kier alpha value is -1.78. The van der Waals surface area contributed by atoms with Crippen molar-refractivity contribution in [3.8, 4) is 0 Å². The molecule has 0 spiro atoms. The largest absolute Gasteiger partial charge is 0.475 e. The molecule has 0 fully saturated rings. The van der Waals surface area contributed by atoms with Crippen LogP contribution in [-0.4, -0.2) is 11.1 Å². The Morgan fingerprint density at radius 3 is 2.89 bits per heavy atom. The number of carboxylic acid groups (broad SMARTS) is 1. The van der Waals surface area contributed by atoms with E-state index in [4.69, 9.17) is 25.9 Å². The van der Waals surface area contributed by atoms with Gasteiger partial charge in [0.15, 0.2) is 0 Å². The Bertz CT molecular complexity index is 547. The van der Waals surface area contributed by atoms with Crippen LogP contribution in [-0.2, 0) is 18.0 Å². The molecule has 1 aromatic carbocycles. The summed E-state index contributed by atoms with van der Waals surface area (Å²) in [4.78, 5) is 10.8. The molecule has 0 aliphatic carbocycles. The summed E-state index contributed by atoms with van der Waals surface area (Å²) in [6, 6.07) is 8.89. The Morgan fingerprint density at radius 2 is 2.17 bits per heavy atom. The number of ether oxygens (including phenoxy) is 1. The molecule has 0 atom stereocenters. The minimum atomic E-state index is -1.10. The van der Waals surface area contributed by atoms with E-state index in [-0.39, 0.29) is 12.4 Å². The molecule has 0 aliphatic rings. The van der Waals surface area contributed by atoms with E-state index in [9.17, 15) is 4.79 Å². The quantitative estimate of drug-likeness (QED) is 0.902. The number of halogens is 1. The molecule has 94 valence electrons. The van der Waals surface area contributed by atoms with Crippen LogP contribution in [0.2, 0.25) is 5.02 Å². The number of hydrogen-bond acceptors (Lipinski definition) is 3. The van der Waals surface area contributed by atoms with Gasteiger partial charge in [0.1, 0.15) is 0 Å². The van der Waals surface area contributed by atoms with E-state index in [0.29, 0.717) is 17.2 Å². The van der Waals surface area contributed by atoms with Crippen molar-refractivity contribution in [3.63, 3.8) is 0 Å². The maximum Gasteiger partial charge on any atom is 0.372 e. The normalized spacial score (nSPS) is 10.5. The van der Waals surface area contributed by atoms with Gasteiger partial charge in [-0.25, -0.2) is 4.79 Å². The highest BCUT2D eigenvalue weighted by molar-refractivity contribution is 6.30. The van der Waals surface area contributed by atoms with Crippen LogP contribution in [0.3, 0.4) is 0 Å². The van der Waals surface area contributed by atoms with Crippen molar-refractivity contribution in [3.05, 3.63) is 58.5 Å². The summed E-state index contributed by atoms with van der Waals surface area (Å²) in [6.45, 7) is 0.551. The number of carbonyl (C=O) groups is 1. The first-order chi connectivity index (χ1) is 8.66. The van der Waals surface area contributed by atoms with Crippen LogP contribution in [0.1, 0.15) is 21.7 Å². The Morgan fingerprint density at radius 1 is 1.33 bits per heavy atom. The van der Waals surface area contributed by atoms with Gasteiger partial charge in [-0.1, -0.05) is 23.7 Å². The summed E-state index contributed by atoms with van der Waals surface area (Å²) in [7, 11) is 0. The topological polar surface area (TPSA) is 59.7 Å². The molecule has 2 rings (SSSR count). The van der Waals surface area contributed by atoms with E-state index in [1.54, 1.807) is 18.2 Å². The summed E-state index contributed by atoms with van der Waals surface area (Å²) >= 11 is 5.84. The van der Waals surface area contributed by atoms with Gasteiger partial charge in [-0.15, -0.1) is 0 Å². The van der Waals surface area contributed by atoms with Crippen LogP contribution in [0, 0.1) is 0 Å². The minimum Gasteiger partial charge on any atom is -0.475 e. The molecule has 0 aliphatic heterocycles. The van der Waals surface area contributed by atoms with E-state index in [1.807, 2.05) is 12.1 Å². The number of carboxylic acids is 1. The zero-order chi connectivity index (χ0) is 13.0. The van der Waals surface area contributed by atoms with Crippen LogP contribution in [0.25, 0.3) is 0 Å². The Kier molecular flexibility index (Phi) is 4.02. The second kappa shape index (κ2) is 5.71. The molecule has 18 heavy (non-hydrogen) atoms. The van der Waals surface area contributed by atoms with E-state index < -0.39 is 5.97 Å². The van der Waals surface area contributed by atoms with Gasteiger partial charge in [0, 0.05) is 10.6 Å². The van der Waals surface area contributed by atoms with Gasteiger partial charge in [-0.05, 0) is 23.8 Å². The average molecular weight is 267 g/mol. The van der Waals surface area contributed by atoms with Crippen LogP contribution >= 0.6 is 11.6 Å². The molecule has 2 aromatic rings. The SMILES string of the molecule is O=C(O)c1occc1COCc1cccc(Cl)c1. The number of benzene rings is 1. The molecule has 1 N–H and O–H groups in total. The molecule has 0 radical (unpaired) electrons. The van der Waals surface area contributed by atoms with Gasteiger partial charge < -0.3 is 14.3 Å². The summed E-state index contributed by atoms with van der Waals surface area (Å²) in [5.41, 5.74) is 1.45. The van der Waals surface area contributed by atoms with E-state index in [0.717, 1.165) is 5.56 Å². The highest BCUT2D eigenvalue weighted by atomic mass is 35.5. The van der Waals surface area contributed by atoms with Crippen molar-refractivity contribution in [2.24, 2.45) is 0 Å². The highest BCUT2D eigenvalue weighted by Gasteiger charge is 2.13. The first-order valence-corrected chi connectivity index (χ1v) is 5.66. The molecule has 5 heteroatoms. The van der Waals surface area contributed by atoms with Crippen molar-refractivity contribution >= 4 is 17.6 Å². The highest BCUT2D eigenvalue weighted by Crippen LogP contribution is 2.15. The second-order valence-electron chi connectivity index (χ2n) is 3.70. The lowest BCUT2D eigenvalue weighted by Gasteiger charge is -2.04. The zero-order valence-electron chi connectivity index (χ0n) is 9.43. The van der Waals surface area contributed by atoms with Gasteiger partial charge in [-0.3, -0.25) is 0 Å². The lowest BCUT2D eigenvalue weighted by molar-refractivity contribution is 0.0646. The van der Waals surface area contributed by atoms with Crippen molar-refractivity contribution in [2.45, 2.75) is 13.2 Å². The summed E-state index contributed by atoms with van der Waals surface area (Å²) < 4.78 is 10.3. The number of furan rings is 1. The van der Waals surface area contributed by atoms with E-state index in [2.05, 4.69) is 0 Å². The minimum absolute atomic E-state index is 0.0823. The standard InChI is InChI=1S/C13H11ClO4/c14-11-3-1-2-9(6-11)7-17-8-10-4-5-18-12(10)13(15)16/h1-6H,7-8H2,(H,15,16). The first-order valence-electron chi connectivity index (χ1n) is 5.28. The molecule has 1 heterocycles. The van der Waals surface area contributed by atoms with Gasteiger partial charge >= 0.3 is 5.97 Å². The summed E-state index contributed by atoms with van der Waals surface area (Å²) in [5.74, 6) is -1.18. The predicted octanol–water partition coefficient (Wildman–Crippen LogP) is 3.35. The van der Waals surface area contributed by atoms with Crippen molar-refractivity contribution < 1.29 is 19.1 Å². The maximum atomic E-state index is 10.8. The monoisotopic (exact) mass is 266 g/mol. The third kappa shape index (κ3) is 3.12. The maximum absolute atomic E-state index is 10.8. The fourth-order valence-corrected chi connectivity index (χ4v) is 1.76. The van der Waals surface area contributed by atoms with Crippen molar-refractivity contribution in [1.82, 2.24) is 0 Å². The molecular formula is C13H11ClO4. The fraction of sp³-hybridized carbons (Fsp3) is 0.154. The smallest absolute Gasteiger partial charge is 0.372 e. The van der Waals surface area contributed by atoms with Crippen molar-refractivity contribution in [2.75, 3.05) is 0 Å². The first kappa shape index (κ1) is 12.7. The molecule has 4 nitrogen and oxygen atoms in total. The summed E-state index contributed by atoms with van der Waals surface area (Å²) in [5, 5.41) is 9.48. The molecule has 1 aromatic heterocycles.